The van der Waals surface area contributed by atoms with E-state index in [0.717, 1.165) is 11.3 Å². The van der Waals surface area contributed by atoms with Gasteiger partial charge in [0, 0.05) is 12.6 Å². The maximum Gasteiger partial charge on any atom is 0.130 e. The van der Waals surface area contributed by atoms with Crippen LogP contribution in [0, 0.1) is 0 Å². The first-order valence-corrected chi connectivity index (χ1v) is 5.53. The van der Waals surface area contributed by atoms with Crippen molar-refractivity contribution in [2.24, 2.45) is 7.05 Å². The molecule has 4 heteroatoms. The van der Waals surface area contributed by atoms with Crippen molar-refractivity contribution in [3.8, 4) is 5.75 Å². The second-order valence-electron chi connectivity index (χ2n) is 4.00. The first-order chi connectivity index (χ1) is 8.18. The van der Waals surface area contributed by atoms with Crippen LogP contribution in [0.15, 0.2) is 36.8 Å². The number of aliphatic hydroxyl groups excluding tert-OH is 1. The van der Waals surface area contributed by atoms with Crippen LogP contribution in [0.25, 0.3) is 0 Å². The van der Waals surface area contributed by atoms with E-state index in [-0.39, 0.29) is 0 Å². The number of aryl methyl sites for hydroxylation is 1. The van der Waals surface area contributed by atoms with E-state index in [4.69, 9.17) is 4.74 Å². The highest BCUT2D eigenvalue weighted by Gasteiger charge is 2.08. The third-order valence-corrected chi connectivity index (χ3v) is 2.66. The molecule has 0 saturated heterocycles. The van der Waals surface area contributed by atoms with E-state index in [1.54, 1.807) is 19.4 Å². The topological polar surface area (TPSA) is 47.3 Å². The van der Waals surface area contributed by atoms with E-state index in [9.17, 15) is 5.11 Å². The van der Waals surface area contributed by atoms with E-state index in [0.29, 0.717) is 12.4 Å². The molecule has 1 unspecified atom stereocenters. The number of hydrogen-bond donors (Lipinski definition) is 1. The summed E-state index contributed by atoms with van der Waals surface area (Å²) in [6.45, 7) is 2.17. The minimum Gasteiger partial charge on any atom is -0.487 e. The summed E-state index contributed by atoms with van der Waals surface area (Å²) >= 11 is 0. The Morgan fingerprint density at radius 1 is 1.41 bits per heavy atom. The van der Waals surface area contributed by atoms with Crippen molar-refractivity contribution in [2.75, 3.05) is 0 Å². The smallest absolute Gasteiger partial charge is 0.130 e. The van der Waals surface area contributed by atoms with Gasteiger partial charge in [-0.15, -0.1) is 0 Å². The van der Waals surface area contributed by atoms with E-state index in [2.05, 4.69) is 4.98 Å². The van der Waals surface area contributed by atoms with Gasteiger partial charge < -0.3 is 14.4 Å². The number of imidazole rings is 1. The molecule has 4 nitrogen and oxygen atoms in total. The highest BCUT2D eigenvalue weighted by Crippen LogP contribution is 2.25. The molecule has 0 bridgehead atoms. The number of nitrogens with zero attached hydrogens (tertiary/aromatic N) is 2. The van der Waals surface area contributed by atoms with Gasteiger partial charge in [0.2, 0.25) is 0 Å². The lowest BCUT2D eigenvalue weighted by Crippen LogP contribution is -2.03. The predicted molar refractivity (Wildman–Crippen MR) is 64.6 cm³/mol. The van der Waals surface area contributed by atoms with Gasteiger partial charge in [0.1, 0.15) is 12.4 Å². The molecule has 1 aromatic heterocycles. The van der Waals surface area contributed by atoms with Gasteiger partial charge in [-0.2, -0.15) is 0 Å². The highest BCUT2D eigenvalue weighted by atomic mass is 16.5. The predicted octanol–water partition coefficient (Wildman–Crippen LogP) is 2.05. The Labute approximate surface area is 100 Å². The van der Waals surface area contributed by atoms with Crippen LogP contribution in [0.5, 0.6) is 5.75 Å². The van der Waals surface area contributed by atoms with E-state index in [1.807, 2.05) is 35.9 Å². The second-order valence-corrected chi connectivity index (χ2v) is 4.00. The molecular formula is C13H16N2O2. The van der Waals surface area contributed by atoms with Gasteiger partial charge in [-0.05, 0) is 13.0 Å². The lowest BCUT2D eigenvalue weighted by Gasteiger charge is -2.13. The summed E-state index contributed by atoms with van der Waals surface area (Å²) in [5, 5.41) is 9.62. The van der Waals surface area contributed by atoms with Crippen LogP contribution < -0.4 is 4.74 Å². The normalized spacial score (nSPS) is 12.4. The van der Waals surface area contributed by atoms with Crippen LogP contribution in [0.3, 0.4) is 0 Å². The standard InChI is InChI=1S/C13H16N2O2/c1-10(16)12-5-3-4-6-13(12)17-8-11-7-14-9-15(11)2/h3-7,9-10,16H,8H2,1-2H3. The van der Waals surface area contributed by atoms with Crippen LogP contribution in [-0.4, -0.2) is 14.7 Å². The van der Waals surface area contributed by atoms with Crippen LogP contribution >= 0.6 is 0 Å². The Morgan fingerprint density at radius 2 is 2.18 bits per heavy atom. The summed E-state index contributed by atoms with van der Waals surface area (Å²) in [6.07, 6.45) is 2.97. The summed E-state index contributed by atoms with van der Waals surface area (Å²) < 4.78 is 7.61. The monoisotopic (exact) mass is 232 g/mol. The molecule has 0 amide bonds. The fraction of sp³-hybridized carbons (Fsp3) is 0.308. The highest BCUT2D eigenvalue weighted by molar-refractivity contribution is 5.34. The molecule has 0 spiro atoms. The Bertz CT molecular complexity index is 492. The van der Waals surface area contributed by atoms with Crippen LogP contribution in [-0.2, 0) is 13.7 Å². The van der Waals surface area contributed by atoms with Gasteiger partial charge in [-0.1, -0.05) is 18.2 Å². The minimum atomic E-state index is -0.530. The molecule has 0 radical (unpaired) electrons. The number of aliphatic hydroxyl groups is 1. The van der Waals surface area contributed by atoms with E-state index >= 15 is 0 Å². The van der Waals surface area contributed by atoms with Crippen LogP contribution in [0.1, 0.15) is 24.3 Å². The number of hydrogen-bond acceptors (Lipinski definition) is 3. The molecule has 17 heavy (non-hydrogen) atoms. The molecule has 0 saturated carbocycles. The van der Waals surface area contributed by atoms with Gasteiger partial charge >= 0.3 is 0 Å². The Hall–Kier alpha value is -1.81. The van der Waals surface area contributed by atoms with Crippen molar-refractivity contribution in [1.82, 2.24) is 9.55 Å². The molecule has 2 aromatic rings. The molecule has 1 aromatic carbocycles. The molecule has 1 heterocycles. The minimum absolute atomic E-state index is 0.445. The van der Waals surface area contributed by atoms with Crippen molar-refractivity contribution in [3.63, 3.8) is 0 Å². The number of aromatic nitrogens is 2. The van der Waals surface area contributed by atoms with Crippen molar-refractivity contribution in [3.05, 3.63) is 48.0 Å². The Morgan fingerprint density at radius 3 is 2.82 bits per heavy atom. The number of ether oxygens (including phenoxy) is 1. The molecule has 1 atom stereocenters. The summed E-state index contributed by atoms with van der Waals surface area (Å²) in [4.78, 5) is 4.03. The molecule has 1 N–H and O–H groups in total. The van der Waals surface area contributed by atoms with Crippen molar-refractivity contribution in [2.45, 2.75) is 19.6 Å². The van der Waals surface area contributed by atoms with Crippen LogP contribution in [0.2, 0.25) is 0 Å². The first-order valence-electron chi connectivity index (χ1n) is 5.53. The molecule has 90 valence electrons. The molecule has 0 fully saturated rings. The SMILES string of the molecule is CC(O)c1ccccc1OCc1cncn1C. The number of rotatable bonds is 4. The van der Waals surface area contributed by atoms with Gasteiger partial charge in [0.25, 0.3) is 0 Å². The Balaban J connectivity index is 2.11. The van der Waals surface area contributed by atoms with Crippen molar-refractivity contribution in [1.29, 1.82) is 0 Å². The third-order valence-electron chi connectivity index (χ3n) is 2.66. The molecular weight excluding hydrogens is 216 g/mol. The maximum absolute atomic E-state index is 9.62. The fourth-order valence-electron chi connectivity index (χ4n) is 1.63. The fourth-order valence-corrected chi connectivity index (χ4v) is 1.63. The van der Waals surface area contributed by atoms with Crippen LogP contribution in [0.4, 0.5) is 0 Å². The summed E-state index contributed by atoms with van der Waals surface area (Å²) in [7, 11) is 1.92. The zero-order chi connectivity index (χ0) is 12.3. The van der Waals surface area contributed by atoms with Crippen molar-refractivity contribution < 1.29 is 9.84 Å². The summed E-state index contributed by atoms with van der Waals surface area (Å²) in [5.41, 5.74) is 1.79. The van der Waals surface area contributed by atoms with Gasteiger partial charge in [0.15, 0.2) is 0 Å². The number of benzene rings is 1. The zero-order valence-corrected chi connectivity index (χ0v) is 10.00. The molecule has 0 aliphatic carbocycles. The number of para-hydroxylation sites is 1. The molecule has 0 aliphatic rings. The van der Waals surface area contributed by atoms with Gasteiger partial charge in [-0.25, -0.2) is 4.98 Å². The zero-order valence-electron chi connectivity index (χ0n) is 10.00. The van der Waals surface area contributed by atoms with Gasteiger partial charge in [0.05, 0.1) is 24.3 Å². The average molecular weight is 232 g/mol. The largest absolute Gasteiger partial charge is 0.487 e. The maximum atomic E-state index is 9.62. The average Bonchev–Trinajstić information content (AvgIpc) is 2.72. The lowest BCUT2D eigenvalue weighted by molar-refractivity contribution is 0.189. The van der Waals surface area contributed by atoms with Gasteiger partial charge in [-0.3, -0.25) is 0 Å². The molecule has 2 rings (SSSR count). The third kappa shape index (κ3) is 2.65. The molecule has 0 aliphatic heterocycles. The Kier molecular flexibility index (Phi) is 3.44. The van der Waals surface area contributed by atoms with Crippen molar-refractivity contribution >= 4 is 0 Å². The quantitative estimate of drug-likeness (QED) is 0.877. The summed E-state index contributed by atoms with van der Waals surface area (Å²) in [6, 6.07) is 7.51. The first kappa shape index (κ1) is 11.7. The second kappa shape index (κ2) is 5.01. The summed E-state index contributed by atoms with van der Waals surface area (Å²) in [5.74, 6) is 0.712. The lowest BCUT2D eigenvalue weighted by atomic mass is 10.1. The van der Waals surface area contributed by atoms with E-state index < -0.39 is 6.10 Å². The van der Waals surface area contributed by atoms with E-state index in [1.165, 1.54) is 0 Å².